The van der Waals surface area contributed by atoms with Crippen molar-refractivity contribution in [3.8, 4) is 0 Å². The summed E-state index contributed by atoms with van der Waals surface area (Å²) < 4.78 is 0. The second kappa shape index (κ2) is 5.82. The fourth-order valence-electron chi connectivity index (χ4n) is 3.40. The highest BCUT2D eigenvalue weighted by molar-refractivity contribution is 5.79. The highest BCUT2D eigenvalue weighted by Crippen LogP contribution is 2.30. The van der Waals surface area contributed by atoms with E-state index in [4.69, 9.17) is 5.73 Å². The van der Waals surface area contributed by atoms with Crippen molar-refractivity contribution in [3.63, 3.8) is 0 Å². The van der Waals surface area contributed by atoms with E-state index in [0.29, 0.717) is 5.92 Å². The molecule has 3 N–H and O–H groups in total. The lowest BCUT2D eigenvalue weighted by molar-refractivity contribution is -0.128. The summed E-state index contributed by atoms with van der Waals surface area (Å²) >= 11 is 0. The fourth-order valence-corrected chi connectivity index (χ4v) is 3.40. The molecule has 1 amide bonds. The Bertz CT molecular complexity index is 317. The van der Waals surface area contributed by atoms with Gasteiger partial charge in [0, 0.05) is 17.5 Å². The van der Waals surface area contributed by atoms with E-state index < -0.39 is 0 Å². The number of hydrogen-bond acceptors (Lipinski definition) is 2. The summed E-state index contributed by atoms with van der Waals surface area (Å²) in [7, 11) is 0. The van der Waals surface area contributed by atoms with Crippen molar-refractivity contribution in [1.82, 2.24) is 5.32 Å². The van der Waals surface area contributed by atoms with Crippen LogP contribution in [0.5, 0.6) is 0 Å². The van der Waals surface area contributed by atoms with E-state index in [1.54, 1.807) is 0 Å². The van der Waals surface area contributed by atoms with Crippen molar-refractivity contribution in [2.24, 2.45) is 23.0 Å². The van der Waals surface area contributed by atoms with Gasteiger partial charge in [-0.3, -0.25) is 4.79 Å². The Balaban J connectivity index is 2.55. The normalized spacial score (nSPS) is 29.1. The first kappa shape index (κ1) is 16.5. The number of nitrogens with two attached hydrogens (primary N) is 1. The number of nitrogens with one attached hydrogen (secondary N) is 1. The third kappa shape index (κ3) is 5.52. The molecule has 0 saturated heterocycles. The van der Waals surface area contributed by atoms with Gasteiger partial charge in [-0.15, -0.1) is 0 Å². The molecular weight excluding hydrogens is 236 g/mol. The first-order valence-electron chi connectivity index (χ1n) is 7.58. The smallest absolute Gasteiger partial charge is 0.223 e. The van der Waals surface area contributed by atoms with E-state index in [1.807, 2.05) is 0 Å². The van der Waals surface area contributed by atoms with E-state index in [9.17, 15) is 4.79 Å². The molecule has 0 aromatic heterocycles. The van der Waals surface area contributed by atoms with E-state index in [-0.39, 0.29) is 28.8 Å². The monoisotopic (exact) mass is 268 g/mol. The van der Waals surface area contributed by atoms with E-state index in [1.165, 1.54) is 0 Å². The molecule has 0 bridgehead atoms. The lowest BCUT2D eigenvalue weighted by Crippen LogP contribution is -2.50. The molecule has 0 aliphatic heterocycles. The Morgan fingerprint density at radius 3 is 2.26 bits per heavy atom. The summed E-state index contributed by atoms with van der Waals surface area (Å²) in [4.78, 5) is 12.4. The van der Waals surface area contributed by atoms with Crippen LogP contribution in [0.4, 0.5) is 0 Å². The minimum atomic E-state index is -0.150. The molecule has 1 fully saturated rings. The van der Waals surface area contributed by atoms with Crippen LogP contribution in [-0.2, 0) is 4.79 Å². The molecule has 0 aromatic carbocycles. The van der Waals surface area contributed by atoms with Crippen LogP contribution in [0.15, 0.2) is 0 Å². The lowest BCUT2D eigenvalue weighted by atomic mass is 9.78. The average molecular weight is 268 g/mol. The zero-order valence-corrected chi connectivity index (χ0v) is 13.5. The van der Waals surface area contributed by atoms with Gasteiger partial charge < -0.3 is 11.1 Å². The standard InChI is InChI=1S/C16H32N2O/c1-11-7-8-12(9-13(11)17)14(19)18-16(5,6)10-15(2,3)4/h11-13H,7-10,17H2,1-6H3,(H,18,19). The van der Waals surface area contributed by atoms with Gasteiger partial charge >= 0.3 is 0 Å². The number of carbonyl (C=O) groups excluding carboxylic acids is 1. The number of carbonyl (C=O) groups is 1. The van der Waals surface area contributed by atoms with Crippen LogP contribution in [0.25, 0.3) is 0 Å². The minimum Gasteiger partial charge on any atom is -0.351 e. The van der Waals surface area contributed by atoms with Crippen molar-refractivity contribution in [3.05, 3.63) is 0 Å². The molecule has 112 valence electrons. The van der Waals surface area contributed by atoms with Crippen LogP contribution in [0, 0.1) is 17.3 Å². The molecule has 1 aliphatic carbocycles. The fraction of sp³-hybridized carbons (Fsp3) is 0.938. The van der Waals surface area contributed by atoms with Crippen LogP contribution in [0.2, 0.25) is 0 Å². The quantitative estimate of drug-likeness (QED) is 0.826. The predicted molar refractivity (Wildman–Crippen MR) is 80.8 cm³/mol. The van der Waals surface area contributed by atoms with Crippen LogP contribution >= 0.6 is 0 Å². The first-order chi connectivity index (χ1) is 8.50. The summed E-state index contributed by atoms with van der Waals surface area (Å²) in [6, 6.07) is 0.176. The molecule has 19 heavy (non-hydrogen) atoms. The van der Waals surface area contributed by atoms with Gasteiger partial charge in [-0.05, 0) is 50.9 Å². The zero-order valence-electron chi connectivity index (χ0n) is 13.5. The highest BCUT2D eigenvalue weighted by atomic mass is 16.2. The Labute approximate surface area is 118 Å². The molecule has 0 aromatic rings. The van der Waals surface area contributed by atoms with Crippen LogP contribution in [0.1, 0.15) is 67.2 Å². The molecule has 1 aliphatic rings. The van der Waals surface area contributed by atoms with Crippen molar-refractivity contribution < 1.29 is 4.79 Å². The summed E-state index contributed by atoms with van der Waals surface area (Å²) in [6.45, 7) is 13.0. The maximum Gasteiger partial charge on any atom is 0.223 e. The van der Waals surface area contributed by atoms with E-state index >= 15 is 0 Å². The van der Waals surface area contributed by atoms with Crippen molar-refractivity contribution in [2.45, 2.75) is 78.8 Å². The number of hydrogen-bond donors (Lipinski definition) is 2. The van der Waals surface area contributed by atoms with Crippen molar-refractivity contribution in [1.29, 1.82) is 0 Å². The molecule has 3 unspecified atom stereocenters. The van der Waals surface area contributed by atoms with E-state index in [0.717, 1.165) is 25.7 Å². The molecule has 0 spiro atoms. The SMILES string of the molecule is CC1CCC(C(=O)NC(C)(C)CC(C)(C)C)CC1N. The Morgan fingerprint density at radius 2 is 1.79 bits per heavy atom. The van der Waals surface area contributed by atoms with Crippen LogP contribution < -0.4 is 11.1 Å². The largest absolute Gasteiger partial charge is 0.351 e. The van der Waals surface area contributed by atoms with Crippen molar-refractivity contribution in [2.75, 3.05) is 0 Å². The molecule has 3 heteroatoms. The third-order valence-electron chi connectivity index (χ3n) is 4.06. The van der Waals surface area contributed by atoms with Gasteiger partial charge in [0.25, 0.3) is 0 Å². The summed E-state index contributed by atoms with van der Waals surface area (Å²) in [5, 5.41) is 3.22. The lowest BCUT2D eigenvalue weighted by Gasteiger charge is -2.37. The van der Waals surface area contributed by atoms with Gasteiger partial charge in [0.15, 0.2) is 0 Å². The number of rotatable bonds is 3. The molecular formula is C16H32N2O. The van der Waals surface area contributed by atoms with Gasteiger partial charge in [-0.1, -0.05) is 27.7 Å². The first-order valence-corrected chi connectivity index (χ1v) is 7.58. The predicted octanol–water partition coefficient (Wildman–Crippen LogP) is 3.08. The molecule has 0 heterocycles. The van der Waals surface area contributed by atoms with Crippen LogP contribution in [-0.4, -0.2) is 17.5 Å². The number of amides is 1. The van der Waals surface area contributed by atoms with E-state index in [2.05, 4.69) is 46.9 Å². The topological polar surface area (TPSA) is 55.1 Å². The van der Waals surface area contributed by atoms with Crippen LogP contribution in [0.3, 0.4) is 0 Å². The second-order valence-electron chi connectivity index (χ2n) is 8.26. The molecule has 1 rings (SSSR count). The maximum absolute atomic E-state index is 12.4. The maximum atomic E-state index is 12.4. The zero-order chi connectivity index (χ0) is 14.8. The van der Waals surface area contributed by atoms with Gasteiger partial charge in [-0.25, -0.2) is 0 Å². The molecule has 3 nitrogen and oxygen atoms in total. The highest BCUT2D eigenvalue weighted by Gasteiger charge is 2.33. The van der Waals surface area contributed by atoms with Crippen molar-refractivity contribution >= 4 is 5.91 Å². The van der Waals surface area contributed by atoms with Gasteiger partial charge in [0.05, 0.1) is 0 Å². The molecule has 1 saturated carbocycles. The summed E-state index contributed by atoms with van der Waals surface area (Å²) in [6.07, 6.45) is 3.85. The average Bonchev–Trinajstić information content (AvgIpc) is 2.17. The second-order valence-corrected chi connectivity index (χ2v) is 8.26. The summed E-state index contributed by atoms with van der Waals surface area (Å²) in [5.74, 6) is 0.841. The molecule has 3 atom stereocenters. The Kier molecular flexibility index (Phi) is 5.05. The Hall–Kier alpha value is -0.570. The third-order valence-corrected chi connectivity index (χ3v) is 4.06. The van der Waals surface area contributed by atoms with Gasteiger partial charge in [-0.2, -0.15) is 0 Å². The summed E-state index contributed by atoms with van der Waals surface area (Å²) in [5.41, 5.74) is 6.16. The minimum absolute atomic E-state index is 0.102. The Morgan fingerprint density at radius 1 is 1.21 bits per heavy atom. The molecule has 0 radical (unpaired) electrons. The van der Waals surface area contributed by atoms with Gasteiger partial charge in [0.2, 0.25) is 5.91 Å². The van der Waals surface area contributed by atoms with Gasteiger partial charge in [0.1, 0.15) is 0 Å².